The van der Waals surface area contributed by atoms with Gasteiger partial charge in [-0.2, -0.15) is 0 Å². The third kappa shape index (κ3) is 4.36. The molecule has 1 atom stereocenters. The molecule has 1 radical (unpaired) electrons. The van der Waals surface area contributed by atoms with E-state index in [0.29, 0.717) is 12.8 Å². The number of carbonyl (C=O) groups is 2. The molecule has 0 saturated carbocycles. The summed E-state index contributed by atoms with van der Waals surface area (Å²) in [7, 11) is 0. The number of carboxylic acids is 2. The second-order valence-corrected chi connectivity index (χ2v) is 2.28. The molecule has 0 aromatic rings. The summed E-state index contributed by atoms with van der Waals surface area (Å²) in [6, 6.07) is 0. The van der Waals surface area contributed by atoms with Crippen LogP contribution in [0.4, 0.5) is 0 Å². The summed E-state index contributed by atoms with van der Waals surface area (Å²) >= 11 is 0. The van der Waals surface area contributed by atoms with Crippen LogP contribution in [0.2, 0.25) is 0 Å². The van der Waals surface area contributed by atoms with Gasteiger partial charge >= 0.3 is 11.9 Å². The number of carboxylic acid groups (broad SMARTS) is 2. The molecular formula is C7H11O4. The van der Waals surface area contributed by atoms with Crippen LogP contribution in [0.1, 0.15) is 19.3 Å². The Labute approximate surface area is 64.8 Å². The van der Waals surface area contributed by atoms with E-state index in [1.54, 1.807) is 0 Å². The Balaban J connectivity index is 3.89. The minimum absolute atomic E-state index is 0.315. The quantitative estimate of drug-likeness (QED) is 0.621. The van der Waals surface area contributed by atoms with Crippen LogP contribution in [0.5, 0.6) is 0 Å². The highest BCUT2D eigenvalue weighted by atomic mass is 16.4. The molecule has 11 heavy (non-hydrogen) atoms. The number of hydrogen-bond donors (Lipinski definition) is 2. The summed E-state index contributed by atoms with van der Waals surface area (Å²) < 4.78 is 0. The fourth-order valence-electron chi connectivity index (χ4n) is 0.770. The zero-order valence-corrected chi connectivity index (χ0v) is 6.12. The molecule has 0 aliphatic rings. The molecule has 4 nitrogen and oxygen atoms in total. The Morgan fingerprint density at radius 2 is 1.91 bits per heavy atom. The van der Waals surface area contributed by atoms with Crippen LogP contribution in [0.25, 0.3) is 0 Å². The molecule has 0 aliphatic carbocycles. The van der Waals surface area contributed by atoms with Gasteiger partial charge in [-0.1, -0.05) is 13.3 Å². The van der Waals surface area contributed by atoms with Crippen LogP contribution < -0.4 is 0 Å². The third-order valence-electron chi connectivity index (χ3n) is 1.32. The van der Waals surface area contributed by atoms with E-state index in [4.69, 9.17) is 10.2 Å². The van der Waals surface area contributed by atoms with Gasteiger partial charge in [0, 0.05) is 0 Å². The molecule has 0 aliphatic heterocycles. The van der Waals surface area contributed by atoms with E-state index in [9.17, 15) is 9.59 Å². The van der Waals surface area contributed by atoms with Crippen molar-refractivity contribution in [3.63, 3.8) is 0 Å². The van der Waals surface area contributed by atoms with Crippen LogP contribution in [0.3, 0.4) is 0 Å². The molecule has 1 unspecified atom stereocenters. The maximum atomic E-state index is 10.3. The highest BCUT2D eigenvalue weighted by Crippen LogP contribution is 2.10. The lowest BCUT2D eigenvalue weighted by Gasteiger charge is -2.06. The van der Waals surface area contributed by atoms with E-state index in [1.807, 2.05) is 0 Å². The van der Waals surface area contributed by atoms with Gasteiger partial charge in [-0.15, -0.1) is 0 Å². The van der Waals surface area contributed by atoms with Crippen molar-refractivity contribution in [2.45, 2.75) is 19.3 Å². The van der Waals surface area contributed by atoms with Gasteiger partial charge in [0.05, 0.1) is 12.3 Å². The molecule has 2 N–H and O–H groups in total. The van der Waals surface area contributed by atoms with Gasteiger partial charge in [-0.3, -0.25) is 9.59 Å². The average Bonchev–Trinajstić information content (AvgIpc) is 1.86. The molecule has 0 heterocycles. The second-order valence-electron chi connectivity index (χ2n) is 2.28. The zero-order chi connectivity index (χ0) is 8.85. The van der Waals surface area contributed by atoms with Crippen molar-refractivity contribution < 1.29 is 19.8 Å². The van der Waals surface area contributed by atoms with Gasteiger partial charge in [0.15, 0.2) is 0 Å². The normalized spacial score (nSPS) is 12.5. The lowest BCUT2D eigenvalue weighted by molar-refractivity contribution is -0.148. The highest BCUT2D eigenvalue weighted by Gasteiger charge is 2.19. The van der Waals surface area contributed by atoms with Gasteiger partial charge in [-0.05, 0) is 6.42 Å². The third-order valence-corrected chi connectivity index (χ3v) is 1.32. The lowest BCUT2D eigenvalue weighted by Crippen LogP contribution is -2.17. The van der Waals surface area contributed by atoms with Crippen molar-refractivity contribution in [3.8, 4) is 0 Å². The van der Waals surface area contributed by atoms with Crippen molar-refractivity contribution in [3.05, 3.63) is 6.92 Å². The Morgan fingerprint density at radius 1 is 1.36 bits per heavy atom. The smallest absolute Gasteiger partial charge is 0.307 e. The van der Waals surface area contributed by atoms with E-state index in [1.165, 1.54) is 0 Å². The van der Waals surface area contributed by atoms with Crippen LogP contribution in [-0.4, -0.2) is 22.2 Å². The summed E-state index contributed by atoms with van der Waals surface area (Å²) in [6.07, 6.45) is 0.455. The molecule has 4 heteroatoms. The topological polar surface area (TPSA) is 74.6 Å². The molecule has 63 valence electrons. The van der Waals surface area contributed by atoms with E-state index in [-0.39, 0.29) is 6.42 Å². The van der Waals surface area contributed by atoms with E-state index in [0.717, 1.165) is 0 Å². The lowest BCUT2D eigenvalue weighted by atomic mass is 10.0. The summed E-state index contributed by atoms with van der Waals surface area (Å²) in [5, 5.41) is 16.7. The Morgan fingerprint density at radius 3 is 2.18 bits per heavy atom. The molecule has 0 spiro atoms. The van der Waals surface area contributed by atoms with E-state index in [2.05, 4.69) is 6.92 Å². The fraction of sp³-hybridized carbons (Fsp3) is 0.571. The summed E-state index contributed by atoms with van der Waals surface area (Å²) in [6.45, 7) is 3.46. The first-order chi connectivity index (χ1) is 5.07. The van der Waals surface area contributed by atoms with Crippen molar-refractivity contribution in [1.29, 1.82) is 0 Å². The van der Waals surface area contributed by atoms with Gasteiger partial charge in [0.25, 0.3) is 0 Å². The van der Waals surface area contributed by atoms with Gasteiger partial charge in [0.2, 0.25) is 0 Å². The molecule has 0 aromatic heterocycles. The molecule has 0 fully saturated rings. The minimum atomic E-state index is -1.08. The van der Waals surface area contributed by atoms with Crippen molar-refractivity contribution >= 4 is 11.9 Å². The minimum Gasteiger partial charge on any atom is -0.481 e. The first-order valence-corrected chi connectivity index (χ1v) is 3.31. The molecule has 0 bridgehead atoms. The molecule has 0 aromatic carbocycles. The first kappa shape index (κ1) is 9.94. The first-order valence-electron chi connectivity index (χ1n) is 3.31. The van der Waals surface area contributed by atoms with Crippen LogP contribution in [0.15, 0.2) is 0 Å². The number of rotatable bonds is 5. The van der Waals surface area contributed by atoms with Crippen LogP contribution in [-0.2, 0) is 9.59 Å². The summed E-state index contributed by atoms with van der Waals surface area (Å²) in [5.74, 6) is -2.92. The Kier molecular flexibility index (Phi) is 4.26. The van der Waals surface area contributed by atoms with Crippen molar-refractivity contribution in [2.24, 2.45) is 5.92 Å². The maximum absolute atomic E-state index is 10.3. The zero-order valence-electron chi connectivity index (χ0n) is 6.12. The monoisotopic (exact) mass is 159 g/mol. The average molecular weight is 159 g/mol. The Hall–Kier alpha value is -1.06. The molecule has 0 rings (SSSR count). The summed E-state index contributed by atoms with van der Waals surface area (Å²) in [4.78, 5) is 20.4. The molecular weight excluding hydrogens is 148 g/mol. The van der Waals surface area contributed by atoms with Crippen LogP contribution >= 0.6 is 0 Å². The van der Waals surface area contributed by atoms with Gasteiger partial charge in [0.1, 0.15) is 0 Å². The standard InChI is InChI=1S/C7H11O4/c1-2-3-5(7(10)11)4-6(8)9/h5H,1-4H2,(H,8,9)(H,10,11). The summed E-state index contributed by atoms with van der Waals surface area (Å²) in [5.41, 5.74) is 0. The van der Waals surface area contributed by atoms with Gasteiger partial charge < -0.3 is 10.2 Å². The predicted octanol–water partition coefficient (Wildman–Crippen LogP) is 0.776. The van der Waals surface area contributed by atoms with Crippen LogP contribution in [0, 0.1) is 12.8 Å². The van der Waals surface area contributed by atoms with Gasteiger partial charge in [-0.25, -0.2) is 0 Å². The van der Waals surface area contributed by atoms with E-state index < -0.39 is 17.9 Å². The predicted molar refractivity (Wildman–Crippen MR) is 38.0 cm³/mol. The largest absolute Gasteiger partial charge is 0.481 e. The number of hydrogen-bond acceptors (Lipinski definition) is 2. The second kappa shape index (κ2) is 4.71. The Bertz CT molecular complexity index is 153. The molecule has 0 saturated heterocycles. The highest BCUT2D eigenvalue weighted by molar-refractivity contribution is 5.77. The van der Waals surface area contributed by atoms with E-state index >= 15 is 0 Å². The maximum Gasteiger partial charge on any atom is 0.307 e. The SMILES string of the molecule is [CH2]CCC(CC(=O)O)C(=O)O. The fourth-order valence-corrected chi connectivity index (χ4v) is 0.770. The van der Waals surface area contributed by atoms with Crippen molar-refractivity contribution in [1.82, 2.24) is 0 Å². The number of aliphatic carboxylic acids is 2. The molecule has 0 amide bonds. The van der Waals surface area contributed by atoms with Crippen molar-refractivity contribution in [2.75, 3.05) is 0 Å².